The van der Waals surface area contributed by atoms with Gasteiger partial charge in [-0.1, -0.05) is 0 Å². The Morgan fingerprint density at radius 1 is 1.50 bits per heavy atom. The maximum absolute atomic E-state index is 13.5. The van der Waals surface area contributed by atoms with Crippen molar-refractivity contribution >= 4 is 0 Å². The molecule has 1 N–H and O–H groups in total. The molecular formula is C8H8FNO2. The molecule has 12 heavy (non-hydrogen) atoms. The molecule has 0 aliphatic carbocycles. The summed E-state index contributed by atoms with van der Waals surface area (Å²) in [4.78, 5) is 13.1. The number of halogens is 1. The van der Waals surface area contributed by atoms with E-state index in [1.165, 1.54) is 18.3 Å². The lowest BCUT2D eigenvalue weighted by molar-refractivity contribution is -0.135. The van der Waals surface area contributed by atoms with Gasteiger partial charge in [-0.2, -0.15) is 0 Å². The fourth-order valence-electron chi connectivity index (χ4n) is 1.14. The van der Waals surface area contributed by atoms with E-state index in [1.807, 2.05) is 0 Å². The van der Waals surface area contributed by atoms with Gasteiger partial charge in [-0.3, -0.25) is 4.79 Å². The van der Waals surface area contributed by atoms with Gasteiger partial charge in [0.2, 0.25) is 5.56 Å². The number of alkyl halides is 1. The van der Waals surface area contributed by atoms with E-state index in [-0.39, 0.29) is 18.8 Å². The minimum atomic E-state index is -1.38. The first-order valence-electron chi connectivity index (χ1n) is 3.67. The molecule has 1 aliphatic rings. The van der Waals surface area contributed by atoms with Gasteiger partial charge in [0.15, 0.2) is 5.67 Å². The third-order valence-corrected chi connectivity index (χ3v) is 1.96. The molecular weight excluding hydrogens is 161 g/mol. The van der Waals surface area contributed by atoms with Gasteiger partial charge < -0.3 is 9.72 Å². The molecule has 2 rings (SSSR count). The van der Waals surface area contributed by atoms with Crippen molar-refractivity contribution in [1.82, 2.24) is 4.98 Å². The van der Waals surface area contributed by atoms with Crippen LogP contribution in [0.3, 0.4) is 0 Å². The predicted molar refractivity (Wildman–Crippen MR) is 40.7 cm³/mol. The van der Waals surface area contributed by atoms with Gasteiger partial charge in [-0.05, 0) is 6.07 Å². The van der Waals surface area contributed by atoms with E-state index in [9.17, 15) is 9.18 Å². The van der Waals surface area contributed by atoms with Gasteiger partial charge in [0.25, 0.3) is 0 Å². The van der Waals surface area contributed by atoms with Crippen LogP contribution in [0.1, 0.15) is 5.56 Å². The SMILES string of the molecule is O=c1ccc(C2(F)COC2)c[nH]1. The molecule has 2 heterocycles. The molecule has 3 nitrogen and oxygen atoms in total. The highest BCUT2D eigenvalue weighted by atomic mass is 19.1. The van der Waals surface area contributed by atoms with Crippen LogP contribution in [0, 0.1) is 0 Å². The Morgan fingerprint density at radius 3 is 2.67 bits per heavy atom. The molecule has 0 atom stereocenters. The van der Waals surface area contributed by atoms with Crippen LogP contribution in [0.15, 0.2) is 23.1 Å². The third kappa shape index (κ3) is 1.04. The molecule has 64 valence electrons. The topological polar surface area (TPSA) is 42.1 Å². The van der Waals surface area contributed by atoms with Crippen LogP contribution in [-0.4, -0.2) is 18.2 Å². The van der Waals surface area contributed by atoms with Crippen LogP contribution < -0.4 is 5.56 Å². The monoisotopic (exact) mass is 169 g/mol. The summed E-state index contributed by atoms with van der Waals surface area (Å²) >= 11 is 0. The van der Waals surface area contributed by atoms with E-state index in [2.05, 4.69) is 4.98 Å². The molecule has 4 heteroatoms. The van der Waals surface area contributed by atoms with Crippen molar-refractivity contribution in [2.45, 2.75) is 5.67 Å². The Morgan fingerprint density at radius 2 is 2.25 bits per heavy atom. The van der Waals surface area contributed by atoms with Crippen LogP contribution in [0.4, 0.5) is 4.39 Å². The standard InChI is InChI=1S/C8H8FNO2/c9-8(4-12-5-8)6-1-2-7(11)10-3-6/h1-3H,4-5H2,(H,10,11). The Bertz CT molecular complexity index is 323. The molecule has 1 aliphatic heterocycles. The first-order chi connectivity index (χ1) is 5.71. The summed E-state index contributed by atoms with van der Waals surface area (Å²) in [5.74, 6) is 0. The number of pyridine rings is 1. The van der Waals surface area contributed by atoms with E-state index in [0.717, 1.165) is 0 Å². The Kier molecular flexibility index (Phi) is 1.51. The molecule has 1 aromatic rings. The predicted octanol–water partition coefficient (Wildman–Crippen LogP) is 0.570. The number of aromatic amines is 1. The van der Waals surface area contributed by atoms with Crippen LogP contribution >= 0.6 is 0 Å². The number of hydrogen-bond donors (Lipinski definition) is 1. The van der Waals surface area contributed by atoms with Crippen LogP contribution in [0.5, 0.6) is 0 Å². The molecule has 1 saturated heterocycles. The Labute approximate surface area is 68.2 Å². The first kappa shape index (κ1) is 7.49. The van der Waals surface area contributed by atoms with Crippen LogP contribution in [-0.2, 0) is 10.4 Å². The molecule has 0 radical (unpaired) electrons. The highest BCUT2D eigenvalue weighted by molar-refractivity contribution is 5.20. The smallest absolute Gasteiger partial charge is 0.247 e. The average molecular weight is 169 g/mol. The molecule has 0 aromatic carbocycles. The fraction of sp³-hybridized carbons (Fsp3) is 0.375. The van der Waals surface area contributed by atoms with Gasteiger partial charge in [0, 0.05) is 17.8 Å². The molecule has 1 aromatic heterocycles. The van der Waals surface area contributed by atoms with E-state index in [4.69, 9.17) is 4.74 Å². The van der Waals surface area contributed by atoms with E-state index >= 15 is 0 Å². The maximum atomic E-state index is 13.5. The summed E-state index contributed by atoms with van der Waals surface area (Å²) in [6, 6.07) is 2.80. The zero-order valence-corrected chi connectivity index (χ0v) is 6.34. The molecule has 0 bridgehead atoms. The van der Waals surface area contributed by atoms with Crippen molar-refractivity contribution in [3.8, 4) is 0 Å². The first-order valence-corrected chi connectivity index (χ1v) is 3.67. The van der Waals surface area contributed by atoms with Gasteiger partial charge in [0.05, 0.1) is 13.2 Å². The minimum Gasteiger partial charge on any atom is -0.374 e. The number of ether oxygens (including phenoxy) is 1. The summed E-state index contributed by atoms with van der Waals surface area (Å²) in [5.41, 5.74) is -1.12. The van der Waals surface area contributed by atoms with Crippen molar-refractivity contribution in [2.75, 3.05) is 13.2 Å². The van der Waals surface area contributed by atoms with Crippen molar-refractivity contribution < 1.29 is 9.13 Å². The third-order valence-electron chi connectivity index (χ3n) is 1.96. The van der Waals surface area contributed by atoms with Crippen molar-refractivity contribution in [1.29, 1.82) is 0 Å². The van der Waals surface area contributed by atoms with Gasteiger partial charge in [-0.25, -0.2) is 4.39 Å². The summed E-state index contributed by atoms with van der Waals surface area (Å²) in [7, 11) is 0. The van der Waals surface area contributed by atoms with Crippen molar-refractivity contribution in [3.63, 3.8) is 0 Å². The zero-order chi connectivity index (χ0) is 8.60. The lowest BCUT2D eigenvalue weighted by Crippen LogP contribution is -2.42. The lowest BCUT2D eigenvalue weighted by Gasteiger charge is -2.33. The highest BCUT2D eigenvalue weighted by Crippen LogP contribution is 2.32. The number of aromatic nitrogens is 1. The number of rotatable bonds is 1. The molecule has 1 fully saturated rings. The van der Waals surface area contributed by atoms with Gasteiger partial charge >= 0.3 is 0 Å². The van der Waals surface area contributed by atoms with Crippen molar-refractivity contribution in [3.05, 3.63) is 34.2 Å². The fourth-order valence-corrected chi connectivity index (χ4v) is 1.14. The summed E-state index contributed by atoms with van der Waals surface area (Å²) in [5, 5.41) is 0. The normalized spacial score (nSPS) is 20.1. The van der Waals surface area contributed by atoms with Crippen LogP contribution in [0.2, 0.25) is 0 Å². The largest absolute Gasteiger partial charge is 0.374 e. The van der Waals surface area contributed by atoms with E-state index < -0.39 is 5.67 Å². The zero-order valence-electron chi connectivity index (χ0n) is 6.34. The Balaban J connectivity index is 2.34. The number of H-pyrrole nitrogens is 1. The summed E-state index contributed by atoms with van der Waals surface area (Å²) < 4.78 is 18.3. The van der Waals surface area contributed by atoms with Gasteiger partial charge in [-0.15, -0.1) is 0 Å². The number of hydrogen-bond acceptors (Lipinski definition) is 2. The Hall–Kier alpha value is -1.16. The molecule has 0 amide bonds. The minimum absolute atomic E-state index is 0.0824. The molecule has 0 unspecified atom stereocenters. The molecule has 0 saturated carbocycles. The van der Waals surface area contributed by atoms with Gasteiger partial charge in [0.1, 0.15) is 0 Å². The average Bonchev–Trinajstić information content (AvgIpc) is 2.02. The quantitative estimate of drug-likeness (QED) is 0.667. The second-order valence-electron chi connectivity index (χ2n) is 2.90. The second kappa shape index (κ2) is 2.42. The van der Waals surface area contributed by atoms with E-state index in [1.54, 1.807) is 0 Å². The highest BCUT2D eigenvalue weighted by Gasteiger charge is 2.40. The summed E-state index contributed by atoms with van der Waals surface area (Å²) in [6.45, 7) is 0.165. The van der Waals surface area contributed by atoms with Crippen molar-refractivity contribution in [2.24, 2.45) is 0 Å². The molecule has 0 spiro atoms. The maximum Gasteiger partial charge on any atom is 0.247 e. The van der Waals surface area contributed by atoms with E-state index in [0.29, 0.717) is 5.56 Å². The lowest BCUT2D eigenvalue weighted by atomic mass is 9.96. The number of nitrogens with one attached hydrogen (secondary N) is 1. The second-order valence-corrected chi connectivity index (χ2v) is 2.90. The summed E-state index contributed by atoms with van der Waals surface area (Å²) in [6.07, 6.45) is 1.39. The van der Waals surface area contributed by atoms with Crippen LogP contribution in [0.25, 0.3) is 0 Å².